The Morgan fingerprint density at radius 3 is 2.39 bits per heavy atom. The van der Waals surface area contributed by atoms with E-state index in [-0.39, 0.29) is 5.92 Å². The molecule has 2 aromatic rings. The van der Waals surface area contributed by atoms with Crippen LogP contribution in [0.5, 0.6) is 11.5 Å². The molecule has 0 aliphatic carbocycles. The second-order valence-corrected chi connectivity index (χ2v) is 5.85. The van der Waals surface area contributed by atoms with Gasteiger partial charge in [-0.05, 0) is 41.8 Å². The average molecular weight is 308 g/mol. The number of anilines is 1. The number of rotatable bonds is 4. The summed E-state index contributed by atoms with van der Waals surface area (Å²) in [5.41, 5.74) is 3.27. The molecule has 0 N–H and O–H groups in total. The third-order valence-electron chi connectivity index (χ3n) is 4.02. The molecule has 0 aromatic heterocycles. The van der Waals surface area contributed by atoms with E-state index in [1.807, 2.05) is 32.3 Å². The van der Waals surface area contributed by atoms with E-state index in [4.69, 9.17) is 9.47 Å². The Bertz CT molecular complexity index is 717. The highest BCUT2D eigenvalue weighted by atomic mass is 16.6. The van der Waals surface area contributed by atoms with Gasteiger partial charge in [0.25, 0.3) is 0 Å². The fraction of sp³-hybridized carbons (Fsp3) is 0.316. The van der Waals surface area contributed by atoms with Crippen LogP contribution in [0.2, 0.25) is 0 Å². The minimum atomic E-state index is -0.198. The van der Waals surface area contributed by atoms with Crippen molar-refractivity contribution in [3.8, 4) is 17.6 Å². The van der Waals surface area contributed by atoms with Crippen LogP contribution in [0.3, 0.4) is 0 Å². The molecule has 1 aliphatic rings. The van der Waals surface area contributed by atoms with E-state index in [0.717, 1.165) is 28.3 Å². The third kappa shape index (κ3) is 3.40. The monoisotopic (exact) mass is 308 g/mol. The van der Waals surface area contributed by atoms with Crippen molar-refractivity contribution in [3.63, 3.8) is 0 Å². The summed E-state index contributed by atoms with van der Waals surface area (Å²) >= 11 is 0. The summed E-state index contributed by atoms with van der Waals surface area (Å²) in [4.78, 5) is 2.06. The molecule has 23 heavy (non-hydrogen) atoms. The summed E-state index contributed by atoms with van der Waals surface area (Å²) in [6.07, 6.45) is 0.684. The summed E-state index contributed by atoms with van der Waals surface area (Å²) in [5, 5.41) is 9.56. The highest BCUT2D eigenvalue weighted by Crippen LogP contribution is 2.34. The Balaban J connectivity index is 1.79. The predicted octanol–water partition coefficient (Wildman–Crippen LogP) is 3.37. The standard InChI is InChI=1S/C19H20N2O2/c1-21(2)17-6-3-14(4-7-17)11-16(13-20)15-5-8-18-19(12-15)23-10-9-22-18/h3-8,12,16H,9-11H2,1-2H3. The summed E-state index contributed by atoms with van der Waals surface area (Å²) < 4.78 is 11.1. The first-order chi connectivity index (χ1) is 11.2. The maximum Gasteiger partial charge on any atom is 0.161 e. The molecule has 0 radical (unpaired) electrons. The molecule has 1 heterocycles. The summed E-state index contributed by atoms with van der Waals surface area (Å²) in [5.74, 6) is 1.29. The van der Waals surface area contributed by atoms with Crippen molar-refractivity contribution in [2.45, 2.75) is 12.3 Å². The first-order valence-corrected chi connectivity index (χ1v) is 7.73. The zero-order chi connectivity index (χ0) is 16.2. The van der Waals surface area contributed by atoms with E-state index in [9.17, 15) is 5.26 Å². The molecule has 0 saturated heterocycles. The normalized spacial score (nSPS) is 14.0. The fourth-order valence-electron chi connectivity index (χ4n) is 2.68. The largest absolute Gasteiger partial charge is 0.486 e. The molecule has 1 atom stereocenters. The number of nitrogens with zero attached hydrogens (tertiary/aromatic N) is 2. The van der Waals surface area contributed by atoms with E-state index in [2.05, 4.69) is 35.2 Å². The van der Waals surface area contributed by atoms with Crippen molar-refractivity contribution < 1.29 is 9.47 Å². The third-order valence-corrected chi connectivity index (χ3v) is 4.02. The lowest BCUT2D eigenvalue weighted by Crippen LogP contribution is -2.15. The van der Waals surface area contributed by atoms with Crippen molar-refractivity contribution in [2.75, 3.05) is 32.2 Å². The van der Waals surface area contributed by atoms with Gasteiger partial charge in [-0.1, -0.05) is 18.2 Å². The van der Waals surface area contributed by atoms with Crippen molar-refractivity contribution in [1.29, 1.82) is 5.26 Å². The molecule has 2 aromatic carbocycles. The molecular weight excluding hydrogens is 288 g/mol. The number of hydrogen-bond donors (Lipinski definition) is 0. The van der Waals surface area contributed by atoms with Gasteiger partial charge >= 0.3 is 0 Å². The quantitative estimate of drug-likeness (QED) is 0.868. The van der Waals surface area contributed by atoms with E-state index < -0.39 is 0 Å². The predicted molar refractivity (Wildman–Crippen MR) is 90.3 cm³/mol. The molecule has 0 spiro atoms. The molecule has 0 fully saturated rings. The molecule has 1 unspecified atom stereocenters. The summed E-state index contributed by atoms with van der Waals surface area (Å²) in [7, 11) is 4.03. The minimum absolute atomic E-state index is 0.198. The van der Waals surface area contributed by atoms with Crippen LogP contribution in [-0.4, -0.2) is 27.3 Å². The van der Waals surface area contributed by atoms with Crippen LogP contribution in [0, 0.1) is 11.3 Å². The van der Waals surface area contributed by atoms with Gasteiger partial charge in [0.2, 0.25) is 0 Å². The Morgan fingerprint density at radius 1 is 1.04 bits per heavy atom. The minimum Gasteiger partial charge on any atom is -0.486 e. The van der Waals surface area contributed by atoms with Crippen LogP contribution in [0.15, 0.2) is 42.5 Å². The van der Waals surface area contributed by atoms with Gasteiger partial charge < -0.3 is 14.4 Å². The molecule has 118 valence electrons. The first-order valence-electron chi connectivity index (χ1n) is 7.73. The molecule has 1 aliphatic heterocycles. The molecular formula is C19H20N2O2. The number of nitriles is 1. The van der Waals surface area contributed by atoms with Gasteiger partial charge in [-0.15, -0.1) is 0 Å². The van der Waals surface area contributed by atoms with Gasteiger partial charge in [-0.2, -0.15) is 5.26 Å². The van der Waals surface area contributed by atoms with Crippen LogP contribution in [0.4, 0.5) is 5.69 Å². The second kappa shape index (κ2) is 6.62. The topological polar surface area (TPSA) is 45.5 Å². The lowest BCUT2D eigenvalue weighted by atomic mass is 9.93. The fourth-order valence-corrected chi connectivity index (χ4v) is 2.68. The van der Waals surface area contributed by atoms with Gasteiger partial charge in [-0.3, -0.25) is 0 Å². The highest BCUT2D eigenvalue weighted by molar-refractivity contribution is 5.48. The Kier molecular flexibility index (Phi) is 4.38. The lowest BCUT2D eigenvalue weighted by Gasteiger charge is -2.20. The second-order valence-electron chi connectivity index (χ2n) is 5.85. The van der Waals surface area contributed by atoms with Crippen molar-refractivity contribution >= 4 is 5.69 Å². The summed E-state index contributed by atoms with van der Waals surface area (Å²) in [6.45, 7) is 1.13. The van der Waals surface area contributed by atoms with Crippen LogP contribution >= 0.6 is 0 Å². The van der Waals surface area contributed by atoms with E-state index >= 15 is 0 Å². The zero-order valence-corrected chi connectivity index (χ0v) is 13.5. The van der Waals surface area contributed by atoms with Gasteiger partial charge in [0.05, 0.1) is 12.0 Å². The molecule has 0 saturated carbocycles. The summed E-state index contributed by atoms with van der Waals surface area (Å²) in [6, 6.07) is 16.5. The van der Waals surface area contributed by atoms with Crippen LogP contribution in [-0.2, 0) is 6.42 Å². The van der Waals surface area contributed by atoms with Crippen LogP contribution in [0.1, 0.15) is 17.0 Å². The number of ether oxygens (including phenoxy) is 2. The van der Waals surface area contributed by atoms with E-state index in [0.29, 0.717) is 19.6 Å². The van der Waals surface area contributed by atoms with E-state index in [1.54, 1.807) is 0 Å². The maximum atomic E-state index is 9.56. The van der Waals surface area contributed by atoms with Crippen molar-refractivity contribution in [3.05, 3.63) is 53.6 Å². The van der Waals surface area contributed by atoms with Gasteiger partial charge in [0.15, 0.2) is 11.5 Å². The zero-order valence-electron chi connectivity index (χ0n) is 13.5. The van der Waals surface area contributed by atoms with Crippen LogP contribution < -0.4 is 14.4 Å². The average Bonchev–Trinajstić information content (AvgIpc) is 2.59. The SMILES string of the molecule is CN(C)c1ccc(CC(C#N)c2ccc3c(c2)OCCO3)cc1. The number of hydrogen-bond acceptors (Lipinski definition) is 4. The van der Waals surface area contributed by atoms with Gasteiger partial charge in [0.1, 0.15) is 13.2 Å². The first kappa shape index (κ1) is 15.2. The Hall–Kier alpha value is -2.67. The van der Waals surface area contributed by atoms with Crippen molar-refractivity contribution in [1.82, 2.24) is 0 Å². The molecule has 0 amide bonds. The Labute approximate surface area is 136 Å². The Morgan fingerprint density at radius 2 is 1.74 bits per heavy atom. The highest BCUT2D eigenvalue weighted by Gasteiger charge is 2.17. The van der Waals surface area contributed by atoms with Crippen molar-refractivity contribution in [2.24, 2.45) is 0 Å². The smallest absolute Gasteiger partial charge is 0.161 e. The number of fused-ring (bicyclic) bond motifs is 1. The lowest BCUT2D eigenvalue weighted by molar-refractivity contribution is 0.171. The maximum absolute atomic E-state index is 9.56. The molecule has 4 nitrogen and oxygen atoms in total. The van der Waals surface area contributed by atoms with Gasteiger partial charge in [0, 0.05) is 19.8 Å². The van der Waals surface area contributed by atoms with Crippen LogP contribution in [0.25, 0.3) is 0 Å². The van der Waals surface area contributed by atoms with E-state index in [1.165, 1.54) is 0 Å². The molecule has 4 heteroatoms. The molecule has 3 rings (SSSR count). The number of benzene rings is 2. The van der Waals surface area contributed by atoms with Gasteiger partial charge in [-0.25, -0.2) is 0 Å². The molecule has 0 bridgehead atoms.